The van der Waals surface area contributed by atoms with Crippen LogP contribution in [0.3, 0.4) is 0 Å². The molecule has 4 rings (SSSR count). The van der Waals surface area contributed by atoms with Crippen LogP contribution in [0.15, 0.2) is 59.5 Å². The number of aromatic nitrogens is 3. The zero-order valence-corrected chi connectivity index (χ0v) is 18.1. The third-order valence-corrected chi connectivity index (χ3v) is 5.45. The number of rotatable bonds is 7. The van der Waals surface area contributed by atoms with E-state index in [0.29, 0.717) is 40.1 Å². The van der Waals surface area contributed by atoms with Crippen LogP contribution in [0.2, 0.25) is 5.02 Å². The lowest BCUT2D eigenvalue weighted by Gasteiger charge is -2.21. The molecule has 0 aliphatic heterocycles. The standard InChI is InChI=1S/C23H20ClN5O4/c24-16-7-9-17(10-8-16)29(12-18(30)31)22(33)14-4-1-13(2-5-14)3-6-15-11-26-20-19(15)21(32)28-23(25)27-20/h1-2,4-5,7-11H,3,6,12H2,(H,30,31)(H4,25,26,27,28,32). The van der Waals surface area contributed by atoms with E-state index in [1.807, 2.05) is 12.1 Å². The second-order valence-electron chi connectivity index (χ2n) is 7.45. The fourth-order valence-corrected chi connectivity index (χ4v) is 3.73. The maximum Gasteiger partial charge on any atom is 0.323 e. The first-order valence-corrected chi connectivity index (χ1v) is 10.4. The molecule has 10 heteroatoms. The van der Waals surface area contributed by atoms with E-state index in [4.69, 9.17) is 17.3 Å². The third kappa shape index (κ3) is 4.88. The molecule has 9 nitrogen and oxygen atoms in total. The number of aliphatic carboxylic acids is 1. The molecule has 0 radical (unpaired) electrons. The van der Waals surface area contributed by atoms with Gasteiger partial charge in [0.05, 0.1) is 5.39 Å². The van der Waals surface area contributed by atoms with E-state index in [2.05, 4.69) is 15.0 Å². The molecule has 0 aliphatic carbocycles. The van der Waals surface area contributed by atoms with Crippen molar-refractivity contribution in [2.75, 3.05) is 17.2 Å². The molecule has 2 heterocycles. The van der Waals surface area contributed by atoms with Gasteiger partial charge >= 0.3 is 5.97 Å². The Kier molecular flexibility index (Phi) is 6.14. The highest BCUT2D eigenvalue weighted by atomic mass is 35.5. The molecule has 4 aromatic rings. The van der Waals surface area contributed by atoms with E-state index in [1.165, 1.54) is 4.90 Å². The number of nitrogens with two attached hydrogens (primary N) is 1. The third-order valence-electron chi connectivity index (χ3n) is 5.20. The Hall–Kier alpha value is -4.11. The molecule has 168 valence electrons. The Morgan fingerprint density at radius 3 is 2.42 bits per heavy atom. The van der Waals surface area contributed by atoms with Crippen molar-refractivity contribution in [1.82, 2.24) is 15.0 Å². The molecule has 2 aromatic heterocycles. The summed E-state index contributed by atoms with van der Waals surface area (Å²) in [4.78, 5) is 47.2. The monoisotopic (exact) mass is 465 g/mol. The number of aryl methyl sites for hydroxylation is 2. The lowest BCUT2D eigenvalue weighted by molar-refractivity contribution is -0.135. The fourth-order valence-electron chi connectivity index (χ4n) is 3.60. The first-order chi connectivity index (χ1) is 15.8. The Bertz CT molecular complexity index is 1380. The fraction of sp³-hybridized carbons (Fsp3) is 0.130. The van der Waals surface area contributed by atoms with Gasteiger partial charge in [-0.25, -0.2) is 0 Å². The average Bonchev–Trinajstić information content (AvgIpc) is 3.19. The van der Waals surface area contributed by atoms with Crippen LogP contribution in [0.5, 0.6) is 0 Å². The number of nitrogen functional groups attached to an aromatic ring is 1. The van der Waals surface area contributed by atoms with Crippen molar-refractivity contribution in [3.05, 3.63) is 86.8 Å². The van der Waals surface area contributed by atoms with E-state index in [9.17, 15) is 19.5 Å². The first-order valence-electron chi connectivity index (χ1n) is 10.1. The SMILES string of the molecule is Nc1nc2[nH]cc(CCc3ccc(C(=O)N(CC(=O)O)c4ccc(Cl)cc4)cc3)c2c(=O)[nH]1. The summed E-state index contributed by atoms with van der Waals surface area (Å²) in [6.45, 7) is -0.476. The van der Waals surface area contributed by atoms with E-state index < -0.39 is 18.4 Å². The lowest BCUT2D eigenvalue weighted by atomic mass is 10.0. The molecule has 0 unspecified atom stereocenters. The van der Waals surface area contributed by atoms with Gasteiger partial charge < -0.3 is 15.8 Å². The minimum absolute atomic E-state index is 0.0525. The molecule has 0 spiro atoms. The molecule has 0 saturated heterocycles. The van der Waals surface area contributed by atoms with Gasteiger partial charge in [0.2, 0.25) is 5.95 Å². The summed E-state index contributed by atoms with van der Waals surface area (Å²) in [6, 6.07) is 13.3. The van der Waals surface area contributed by atoms with E-state index >= 15 is 0 Å². The quantitative estimate of drug-likeness (QED) is 0.330. The van der Waals surface area contributed by atoms with Crippen molar-refractivity contribution in [1.29, 1.82) is 0 Å². The van der Waals surface area contributed by atoms with Gasteiger partial charge in [-0.15, -0.1) is 0 Å². The van der Waals surface area contributed by atoms with Crippen molar-refractivity contribution < 1.29 is 14.7 Å². The second kappa shape index (κ2) is 9.17. The van der Waals surface area contributed by atoms with Gasteiger partial charge in [0, 0.05) is 22.5 Å². The van der Waals surface area contributed by atoms with Crippen LogP contribution < -0.4 is 16.2 Å². The summed E-state index contributed by atoms with van der Waals surface area (Å²) in [5.74, 6) is -1.50. The Morgan fingerprint density at radius 1 is 1.06 bits per heavy atom. The molecule has 5 N–H and O–H groups in total. The number of carbonyl (C=O) groups is 2. The van der Waals surface area contributed by atoms with Gasteiger partial charge in [0.1, 0.15) is 12.2 Å². The minimum Gasteiger partial charge on any atom is -0.480 e. The number of carbonyl (C=O) groups excluding carboxylic acids is 1. The van der Waals surface area contributed by atoms with Gasteiger partial charge in [-0.05, 0) is 60.4 Å². The van der Waals surface area contributed by atoms with Gasteiger partial charge in [-0.1, -0.05) is 23.7 Å². The maximum absolute atomic E-state index is 13.0. The predicted molar refractivity (Wildman–Crippen MR) is 126 cm³/mol. The first kappa shape index (κ1) is 22.1. The molecule has 0 bridgehead atoms. The molecule has 0 saturated carbocycles. The highest BCUT2D eigenvalue weighted by Gasteiger charge is 2.20. The van der Waals surface area contributed by atoms with Crippen LogP contribution in [0, 0.1) is 0 Å². The van der Waals surface area contributed by atoms with Crippen LogP contribution >= 0.6 is 11.6 Å². The Morgan fingerprint density at radius 2 is 1.76 bits per heavy atom. The molecule has 2 aromatic carbocycles. The summed E-state index contributed by atoms with van der Waals surface area (Å²) < 4.78 is 0. The number of nitrogens with one attached hydrogen (secondary N) is 2. The Labute approximate surface area is 192 Å². The number of nitrogens with zero attached hydrogens (tertiary/aromatic N) is 2. The van der Waals surface area contributed by atoms with Gasteiger partial charge in [-0.2, -0.15) is 4.98 Å². The number of halogens is 1. The number of carboxylic acid groups (broad SMARTS) is 1. The number of hydrogen-bond donors (Lipinski definition) is 4. The summed E-state index contributed by atoms with van der Waals surface area (Å²) in [7, 11) is 0. The van der Waals surface area contributed by atoms with Crippen molar-refractivity contribution in [3.8, 4) is 0 Å². The number of carboxylic acids is 1. The van der Waals surface area contributed by atoms with Crippen LogP contribution in [0.1, 0.15) is 21.5 Å². The second-order valence-corrected chi connectivity index (χ2v) is 7.88. The van der Waals surface area contributed by atoms with Gasteiger partial charge in [-0.3, -0.25) is 24.3 Å². The average molecular weight is 466 g/mol. The summed E-state index contributed by atoms with van der Waals surface area (Å²) in [5.41, 5.74) is 8.28. The predicted octanol–water partition coefficient (Wildman–Crippen LogP) is 3.00. The van der Waals surface area contributed by atoms with Crippen LogP contribution in [0.25, 0.3) is 11.0 Å². The number of hydrogen-bond acceptors (Lipinski definition) is 5. The summed E-state index contributed by atoms with van der Waals surface area (Å²) >= 11 is 5.90. The number of aromatic amines is 2. The molecule has 1 amide bonds. The van der Waals surface area contributed by atoms with E-state index in [1.54, 1.807) is 42.6 Å². The van der Waals surface area contributed by atoms with Crippen molar-refractivity contribution in [2.45, 2.75) is 12.8 Å². The summed E-state index contributed by atoms with van der Waals surface area (Å²) in [5, 5.41) is 10.2. The number of fused-ring (bicyclic) bond motifs is 1. The van der Waals surface area contributed by atoms with Crippen LogP contribution in [-0.4, -0.2) is 38.5 Å². The van der Waals surface area contributed by atoms with E-state index in [0.717, 1.165) is 11.1 Å². The minimum atomic E-state index is -1.13. The smallest absolute Gasteiger partial charge is 0.323 e. The molecule has 0 atom stereocenters. The van der Waals surface area contributed by atoms with Gasteiger partial charge in [0.25, 0.3) is 11.5 Å². The molecule has 33 heavy (non-hydrogen) atoms. The number of H-pyrrole nitrogens is 2. The molecular weight excluding hydrogens is 446 g/mol. The van der Waals surface area contributed by atoms with Crippen LogP contribution in [0.4, 0.5) is 11.6 Å². The van der Waals surface area contributed by atoms with Crippen molar-refractivity contribution >= 4 is 46.1 Å². The maximum atomic E-state index is 13.0. The molecule has 0 aliphatic rings. The Balaban J connectivity index is 1.50. The number of amides is 1. The molecule has 0 fully saturated rings. The number of benzene rings is 2. The zero-order chi connectivity index (χ0) is 23.5. The van der Waals surface area contributed by atoms with Crippen molar-refractivity contribution in [3.63, 3.8) is 0 Å². The largest absolute Gasteiger partial charge is 0.480 e. The van der Waals surface area contributed by atoms with Crippen molar-refractivity contribution in [2.24, 2.45) is 0 Å². The summed E-state index contributed by atoms with van der Waals surface area (Å²) in [6.07, 6.45) is 2.94. The molecular formula is C23H20ClN5O4. The van der Waals surface area contributed by atoms with E-state index in [-0.39, 0.29) is 11.5 Å². The highest BCUT2D eigenvalue weighted by Crippen LogP contribution is 2.21. The lowest BCUT2D eigenvalue weighted by Crippen LogP contribution is -2.35. The van der Waals surface area contributed by atoms with Crippen LogP contribution in [-0.2, 0) is 17.6 Å². The zero-order valence-electron chi connectivity index (χ0n) is 17.3. The normalized spacial score (nSPS) is 10.9. The topological polar surface area (TPSA) is 145 Å². The van der Waals surface area contributed by atoms with Gasteiger partial charge in [0.15, 0.2) is 0 Å². The number of anilines is 2. The highest BCUT2D eigenvalue weighted by molar-refractivity contribution is 6.30.